The molecular formula is C13H12N2OS. The predicted molar refractivity (Wildman–Crippen MR) is 70.7 cm³/mol. The fourth-order valence-corrected chi connectivity index (χ4v) is 1.85. The Morgan fingerprint density at radius 2 is 2.35 bits per heavy atom. The minimum absolute atomic E-state index is 0.0985. The first-order valence-electron chi connectivity index (χ1n) is 5.21. The van der Waals surface area contributed by atoms with Crippen molar-refractivity contribution in [2.75, 3.05) is 5.75 Å². The molecule has 0 aliphatic rings. The Bertz CT molecular complexity index is 619. The highest BCUT2D eigenvalue weighted by atomic mass is 32.2. The average Bonchev–Trinajstić information content (AvgIpc) is 2.66. The van der Waals surface area contributed by atoms with Gasteiger partial charge < -0.3 is 0 Å². The molecule has 2 aromatic rings. The van der Waals surface area contributed by atoms with Crippen molar-refractivity contribution in [3.63, 3.8) is 0 Å². The van der Waals surface area contributed by atoms with Gasteiger partial charge in [0.25, 0.3) is 0 Å². The van der Waals surface area contributed by atoms with E-state index in [1.165, 1.54) is 11.8 Å². The van der Waals surface area contributed by atoms with Gasteiger partial charge in [-0.05, 0) is 18.2 Å². The molecule has 0 aliphatic heterocycles. The zero-order chi connectivity index (χ0) is 12.3. The number of rotatable bonds is 1. The highest BCUT2D eigenvalue weighted by Crippen LogP contribution is 2.14. The van der Waals surface area contributed by atoms with E-state index in [-0.39, 0.29) is 5.12 Å². The van der Waals surface area contributed by atoms with E-state index in [2.05, 4.69) is 16.9 Å². The second-order valence-corrected chi connectivity index (χ2v) is 4.78. The summed E-state index contributed by atoms with van der Waals surface area (Å²) in [4.78, 5) is 10.7. The van der Waals surface area contributed by atoms with Gasteiger partial charge in [-0.2, -0.15) is 5.10 Å². The van der Waals surface area contributed by atoms with Gasteiger partial charge in [-0.15, -0.1) is 0 Å². The van der Waals surface area contributed by atoms with E-state index >= 15 is 0 Å². The van der Waals surface area contributed by atoms with Gasteiger partial charge in [0.2, 0.25) is 0 Å². The lowest BCUT2D eigenvalue weighted by atomic mass is 10.2. The summed E-state index contributed by atoms with van der Waals surface area (Å²) in [5.41, 5.74) is 2.02. The van der Waals surface area contributed by atoms with Crippen LogP contribution in [0.4, 0.5) is 0 Å². The Balaban J connectivity index is 2.18. The average molecular weight is 244 g/mol. The van der Waals surface area contributed by atoms with Crippen molar-refractivity contribution in [1.29, 1.82) is 0 Å². The molecule has 1 aromatic carbocycles. The number of benzene rings is 1. The van der Waals surface area contributed by atoms with Crippen molar-refractivity contribution >= 4 is 27.8 Å². The smallest absolute Gasteiger partial charge is 0.186 e. The van der Waals surface area contributed by atoms with Crippen LogP contribution >= 0.6 is 11.8 Å². The molecule has 4 heteroatoms. The molecule has 17 heavy (non-hydrogen) atoms. The van der Waals surface area contributed by atoms with Crippen LogP contribution in [-0.4, -0.2) is 20.6 Å². The lowest BCUT2D eigenvalue weighted by Crippen LogP contribution is -1.89. The van der Waals surface area contributed by atoms with Crippen molar-refractivity contribution in [3.05, 3.63) is 30.0 Å². The molecule has 2 rings (SSSR count). The highest BCUT2D eigenvalue weighted by Gasteiger charge is 1.98. The van der Waals surface area contributed by atoms with Gasteiger partial charge in [0.15, 0.2) is 5.12 Å². The molecule has 1 aromatic heterocycles. The van der Waals surface area contributed by atoms with Crippen LogP contribution in [0, 0.1) is 11.8 Å². The normalized spacial score (nSPS) is 10.0. The molecule has 0 unspecified atom stereocenters. The number of aromatic nitrogens is 2. The first-order valence-corrected chi connectivity index (χ1v) is 6.19. The largest absolute Gasteiger partial charge is 0.288 e. The molecule has 0 bridgehead atoms. The lowest BCUT2D eigenvalue weighted by molar-refractivity contribution is -0.109. The fourth-order valence-electron chi connectivity index (χ4n) is 1.50. The summed E-state index contributed by atoms with van der Waals surface area (Å²) in [7, 11) is 1.91. The van der Waals surface area contributed by atoms with E-state index in [0.717, 1.165) is 16.5 Å². The van der Waals surface area contributed by atoms with E-state index in [0.29, 0.717) is 5.75 Å². The van der Waals surface area contributed by atoms with E-state index in [1.807, 2.05) is 36.1 Å². The molecule has 0 radical (unpaired) electrons. The fraction of sp³-hybridized carbons (Fsp3) is 0.231. The predicted octanol–water partition coefficient (Wildman–Crippen LogP) is 2.20. The highest BCUT2D eigenvalue weighted by molar-refractivity contribution is 8.13. The standard InChI is InChI=1S/C13H12N2OS/c1-10(16)17-7-3-4-11-5-6-12-9-14-15(2)13(12)8-11/h5-6,8-9H,7H2,1-2H3. The van der Waals surface area contributed by atoms with Crippen molar-refractivity contribution in [2.45, 2.75) is 6.92 Å². The molecule has 1 heterocycles. The van der Waals surface area contributed by atoms with Gasteiger partial charge in [-0.25, -0.2) is 0 Å². The lowest BCUT2D eigenvalue weighted by Gasteiger charge is -1.95. The van der Waals surface area contributed by atoms with E-state index in [9.17, 15) is 4.79 Å². The summed E-state index contributed by atoms with van der Waals surface area (Å²) >= 11 is 1.23. The molecular weight excluding hydrogens is 232 g/mol. The summed E-state index contributed by atoms with van der Waals surface area (Å²) in [6, 6.07) is 5.98. The summed E-state index contributed by atoms with van der Waals surface area (Å²) in [6.45, 7) is 1.55. The summed E-state index contributed by atoms with van der Waals surface area (Å²) in [5, 5.41) is 5.38. The van der Waals surface area contributed by atoms with Gasteiger partial charge in [-0.3, -0.25) is 9.48 Å². The van der Waals surface area contributed by atoms with Crippen LogP contribution in [-0.2, 0) is 11.8 Å². The van der Waals surface area contributed by atoms with Crippen LogP contribution in [0.25, 0.3) is 10.9 Å². The summed E-state index contributed by atoms with van der Waals surface area (Å²) in [5.74, 6) is 6.56. The molecule has 0 aliphatic carbocycles. The molecule has 0 amide bonds. The van der Waals surface area contributed by atoms with Crippen molar-refractivity contribution in [1.82, 2.24) is 9.78 Å². The maximum absolute atomic E-state index is 10.7. The maximum Gasteiger partial charge on any atom is 0.186 e. The van der Waals surface area contributed by atoms with Crippen molar-refractivity contribution in [2.24, 2.45) is 7.05 Å². The monoisotopic (exact) mass is 244 g/mol. The first kappa shape index (κ1) is 11.7. The van der Waals surface area contributed by atoms with E-state index in [1.54, 1.807) is 6.92 Å². The molecule has 0 atom stereocenters. The van der Waals surface area contributed by atoms with E-state index in [4.69, 9.17) is 0 Å². The molecule has 3 nitrogen and oxygen atoms in total. The molecule has 0 N–H and O–H groups in total. The summed E-state index contributed by atoms with van der Waals surface area (Å²) < 4.78 is 1.82. The Morgan fingerprint density at radius 1 is 1.53 bits per heavy atom. The number of nitrogens with zero attached hydrogens (tertiary/aromatic N) is 2. The zero-order valence-corrected chi connectivity index (χ0v) is 10.5. The number of hydrogen-bond donors (Lipinski definition) is 0. The second-order valence-electron chi connectivity index (χ2n) is 3.62. The number of carbonyl (C=O) groups is 1. The van der Waals surface area contributed by atoms with Crippen LogP contribution in [0.2, 0.25) is 0 Å². The number of thioether (sulfide) groups is 1. The van der Waals surface area contributed by atoms with Crippen molar-refractivity contribution < 1.29 is 4.79 Å². The molecule has 0 spiro atoms. The number of hydrogen-bond acceptors (Lipinski definition) is 3. The Labute approximate surface area is 104 Å². The first-order chi connectivity index (χ1) is 8.16. The third kappa shape index (κ3) is 2.89. The van der Waals surface area contributed by atoms with Gasteiger partial charge in [0.05, 0.1) is 17.5 Å². The quantitative estimate of drug-likeness (QED) is 0.721. The minimum atomic E-state index is 0.0985. The van der Waals surface area contributed by atoms with Gasteiger partial charge in [0.1, 0.15) is 0 Å². The van der Waals surface area contributed by atoms with Crippen molar-refractivity contribution in [3.8, 4) is 11.8 Å². The third-order valence-electron chi connectivity index (χ3n) is 2.33. The minimum Gasteiger partial charge on any atom is -0.288 e. The molecule has 0 saturated heterocycles. The van der Waals surface area contributed by atoms with Crippen LogP contribution in [0.1, 0.15) is 12.5 Å². The van der Waals surface area contributed by atoms with Crippen LogP contribution in [0.15, 0.2) is 24.4 Å². The van der Waals surface area contributed by atoms with Crippen LogP contribution in [0.5, 0.6) is 0 Å². The van der Waals surface area contributed by atoms with Crippen LogP contribution < -0.4 is 0 Å². The van der Waals surface area contributed by atoms with Gasteiger partial charge in [0, 0.05) is 24.9 Å². The number of aryl methyl sites for hydroxylation is 1. The van der Waals surface area contributed by atoms with Gasteiger partial charge >= 0.3 is 0 Å². The number of carbonyl (C=O) groups excluding carboxylic acids is 1. The number of fused-ring (bicyclic) bond motifs is 1. The SMILES string of the molecule is CC(=O)SCC#Cc1ccc2cnn(C)c2c1. The topological polar surface area (TPSA) is 34.9 Å². The van der Waals surface area contributed by atoms with E-state index < -0.39 is 0 Å². The molecule has 0 fully saturated rings. The van der Waals surface area contributed by atoms with Crippen LogP contribution in [0.3, 0.4) is 0 Å². The molecule has 0 saturated carbocycles. The zero-order valence-electron chi connectivity index (χ0n) is 9.73. The second kappa shape index (κ2) is 5.07. The Hall–Kier alpha value is -1.73. The third-order valence-corrected chi connectivity index (χ3v) is 3.02. The van der Waals surface area contributed by atoms with Gasteiger partial charge in [-0.1, -0.05) is 23.6 Å². The Kier molecular flexibility index (Phi) is 3.50. The maximum atomic E-state index is 10.7. The summed E-state index contributed by atoms with van der Waals surface area (Å²) in [6.07, 6.45) is 1.83. The molecule has 86 valence electrons. The Morgan fingerprint density at radius 3 is 3.12 bits per heavy atom.